The van der Waals surface area contributed by atoms with Crippen molar-refractivity contribution >= 4 is 16.8 Å². The van der Waals surface area contributed by atoms with Gasteiger partial charge in [-0.3, -0.25) is 14.6 Å². The van der Waals surface area contributed by atoms with Crippen molar-refractivity contribution in [1.82, 2.24) is 14.9 Å². The second-order valence-electron chi connectivity index (χ2n) is 6.91. The molecule has 0 saturated carbocycles. The van der Waals surface area contributed by atoms with Crippen molar-refractivity contribution in [2.75, 3.05) is 7.11 Å². The van der Waals surface area contributed by atoms with Gasteiger partial charge in [0.25, 0.3) is 11.5 Å². The number of methoxy groups -OCH3 is 1. The largest absolute Gasteiger partial charge is 0.497 e. The summed E-state index contributed by atoms with van der Waals surface area (Å²) in [7, 11) is 1.61. The van der Waals surface area contributed by atoms with Crippen LogP contribution in [0.25, 0.3) is 10.9 Å². The first-order valence-corrected chi connectivity index (χ1v) is 9.49. The lowest BCUT2D eigenvalue weighted by atomic mass is 10.1. The number of ether oxygens (including phenoxy) is 1. The molecule has 0 fully saturated rings. The highest BCUT2D eigenvalue weighted by atomic mass is 16.5. The molecule has 0 aliphatic heterocycles. The summed E-state index contributed by atoms with van der Waals surface area (Å²) >= 11 is 0. The van der Waals surface area contributed by atoms with Gasteiger partial charge in [-0.2, -0.15) is 0 Å². The normalized spacial score (nSPS) is 10.9. The molecule has 7 nitrogen and oxygen atoms in total. The summed E-state index contributed by atoms with van der Waals surface area (Å²) in [6.45, 7) is 2.43. The number of carbonyl (C=O) groups is 1. The number of amides is 1. The van der Waals surface area contributed by atoms with E-state index in [9.17, 15) is 9.59 Å². The number of furan rings is 1. The zero-order valence-corrected chi connectivity index (χ0v) is 16.7. The molecule has 0 aliphatic rings. The number of nitrogens with one attached hydrogen (secondary N) is 1. The minimum absolute atomic E-state index is 0.198. The van der Waals surface area contributed by atoms with Crippen LogP contribution in [0.5, 0.6) is 5.75 Å². The Balaban J connectivity index is 1.63. The number of aromatic nitrogens is 2. The van der Waals surface area contributed by atoms with E-state index < -0.39 is 0 Å². The molecule has 0 saturated heterocycles. The smallest absolute Gasteiger partial charge is 0.260 e. The molecule has 0 radical (unpaired) electrons. The van der Waals surface area contributed by atoms with Gasteiger partial charge in [-0.1, -0.05) is 12.1 Å². The van der Waals surface area contributed by atoms with E-state index in [1.54, 1.807) is 55.3 Å². The first-order chi connectivity index (χ1) is 14.5. The molecule has 0 atom stereocenters. The summed E-state index contributed by atoms with van der Waals surface area (Å²) in [5, 5.41) is 3.20. The van der Waals surface area contributed by atoms with Crippen LogP contribution in [-0.4, -0.2) is 22.6 Å². The Labute approximate surface area is 172 Å². The van der Waals surface area contributed by atoms with E-state index in [0.29, 0.717) is 34.5 Å². The van der Waals surface area contributed by atoms with Crippen molar-refractivity contribution in [3.8, 4) is 5.75 Å². The molecule has 0 aliphatic carbocycles. The van der Waals surface area contributed by atoms with E-state index >= 15 is 0 Å². The number of fused-ring (bicyclic) bond motifs is 1. The minimum Gasteiger partial charge on any atom is -0.497 e. The van der Waals surface area contributed by atoms with Crippen molar-refractivity contribution in [2.24, 2.45) is 0 Å². The molecule has 4 rings (SSSR count). The van der Waals surface area contributed by atoms with E-state index in [0.717, 1.165) is 11.3 Å². The molecule has 7 heteroatoms. The van der Waals surface area contributed by atoms with Crippen molar-refractivity contribution in [2.45, 2.75) is 20.0 Å². The van der Waals surface area contributed by atoms with E-state index in [-0.39, 0.29) is 18.0 Å². The topological polar surface area (TPSA) is 86.4 Å². The summed E-state index contributed by atoms with van der Waals surface area (Å²) in [6, 6.07) is 14.5. The summed E-state index contributed by atoms with van der Waals surface area (Å²) < 4.78 is 12.0. The van der Waals surface area contributed by atoms with Crippen molar-refractivity contribution in [3.63, 3.8) is 0 Å². The molecule has 0 unspecified atom stereocenters. The van der Waals surface area contributed by atoms with Crippen LogP contribution in [0.15, 0.2) is 70.2 Å². The van der Waals surface area contributed by atoms with Crippen LogP contribution in [0.1, 0.15) is 27.4 Å². The van der Waals surface area contributed by atoms with Gasteiger partial charge in [-0.25, -0.2) is 0 Å². The number of pyridine rings is 2. The molecule has 1 aromatic carbocycles. The zero-order valence-electron chi connectivity index (χ0n) is 16.7. The lowest BCUT2D eigenvalue weighted by Gasteiger charge is -2.11. The quantitative estimate of drug-likeness (QED) is 0.534. The van der Waals surface area contributed by atoms with Crippen LogP contribution in [0, 0.1) is 6.92 Å². The third-order valence-electron chi connectivity index (χ3n) is 4.91. The van der Waals surface area contributed by atoms with Gasteiger partial charge in [0.1, 0.15) is 11.5 Å². The SMILES string of the molecule is COc1ccc(Cn2ccc3nc(C)c(C(=O)NCc4ccco4)cc3c2=O)cc1. The fourth-order valence-corrected chi connectivity index (χ4v) is 3.26. The Bertz CT molecular complexity index is 1240. The maximum Gasteiger partial charge on any atom is 0.260 e. The summed E-state index contributed by atoms with van der Waals surface area (Å²) in [4.78, 5) is 30.1. The van der Waals surface area contributed by atoms with E-state index in [1.807, 2.05) is 24.3 Å². The van der Waals surface area contributed by atoms with E-state index in [4.69, 9.17) is 9.15 Å². The molecule has 3 heterocycles. The second-order valence-corrected chi connectivity index (χ2v) is 6.91. The number of aryl methyl sites for hydroxylation is 1. The lowest BCUT2D eigenvalue weighted by molar-refractivity contribution is 0.0947. The lowest BCUT2D eigenvalue weighted by Crippen LogP contribution is -2.25. The highest BCUT2D eigenvalue weighted by Gasteiger charge is 2.14. The number of nitrogens with zero attached hydrogens (tertiary/aromatic N) is 2. The third kappa shape index (κ3) is 3.96. The zero-order chi connectivity index (χ0) is 21.1. The highest BCUT2D eigenvalue weighted by molar-refractivity contribution is 5.98. The molecule has 30 heavy (non-hydrogen) atoms. The molecule has 1 N–H and O–H groups in total. The minimum atomic E-state index is -0.303. The third-order valence-corrected chi connectivity index (χ3v) is 4.91. The molecule has 0 bridgehead atoms. The van der Waals surface area contributed by atoms with Gasteiger partial charge in [0.15, 0.2) is 0 Å². The Morgan fingerprint density at radius 3 is 2.70 bits per heavy atom. The maximum atomic E-state index is 13.0. The van der Waals surface area contributed by atoms with Gasteiger partial charge in [-0.05, 0) is 48.9 Å². The van der Waals surface area contributed by atoms with Gasteiger partial charge < -0.3 is 19.0 Å². The van der Waals surface area contributed by atoms with E-state index in [1.165, 1.54) is 0 Å². The van der Waals surface area contributed by atoms with Crippen molar-refractivity contribution in [3.05, 3.63) is 93.9 Å². The molecule has 4 aromatic rings. The predicted octanol–water partition coefficient (Wildman–Crippen LogP) is 3.28. The standard InChI is InChI=1S/C23H21N3O4/c1-15-19(22(27)24-13-18-4-3-11-30-18)12-20-21(25-15)9-10-26(23(20)28)14-16-5-7-17(29-2)8-6-16/h3-12H,13-14H2,1-2H3,(H,24,27). The average Bonchev–Trinajstić information content (AvgIpc) is 3.28. The number of benzene rings is 1. The molecular formula is C23H21N3O4. The highest BCUT2D eigenvalue weighted by Crippen LogP contribution is 2.16. The molecule has 1 amide bonds. The van der Waals surface area contributed by atoms with E-state index in [2.05, 4.69) is 10.3 Å². The Morgan fingerprint density at radius 1 is 1.20 bits per heavy atom. The summed E-state index contributed by atoms with van der Waals surface area (Å²) in [5.41, 5.74) is 2.26. The second kappa shape index (κ2) is 8.24. The number of carbonyl (C=O) groups excluding carboxylic acids is 1. The number of hydrogen-bond acceptors (Lipinski definition) is 5. The van der Waals surface area contributed by atoms with Gasteiger partial charge in [0, 0.05) is 6.20 Å². The fourth-order valence-electron chi connectivity index (χ4n) is 3.26. The fraction of sp³-hybridized carbons (Fsp3) is 0.174. The van der Waals surface area contributed by atoms with Crippen LogP contribution >= 0.6 is 0 Å². The van der Waals surface area contributed by atoms with Crippen molar-refractivity contribution in [1.29, 1.82) is 0 Å². The van der Waals surface area contributed by atoms with Gasteiger partial charge in [-0.15, -0.1) is 0 Å². The van der Waals surface area contributed by atoms with Crippen LogP contribution in [-0.2, 0) is 13.1 Å². The van der Waals surface area contributed by atoms with Crippen LogP contribution < -0.4 is 15.6 Å². The Kier molecular flexibility index (Phi) is 5.34. The molecule has 3 aromatic heterocycles. The molecule has 0 spiro atoms. The van der Waals surface area contributed by atoms with Crippen LogP contribution in [0.3, 0.4) is 0 Å². The first kappa shape index (κ1) is 19.4. The molecular weight excluding hydrogens is 382 g/mol. The predicted molar refractivity (Wildman–Crippen MR) is 113 cm³/mol. The van der Waals surface area contributed by atoms with Gasteiger partial charge in [0.05, 0.1) is 48.6 Å². The van der Waals surface area contributed by atoms with Gasteiger partial charge >= 0.3 is 0 Å². The van der Waals surface area contributed by atoms with Gasteiger partial charge in [0.2, 0.25) is 0 Å². The average molecular weight is 403 g/mol. The summed E-state index contributed by atoms with van der Waals surface area (Å²) in [5.74, 6) is 1.11. The van der Waals surface area contributed by atoms with Crippen molar-refractivity contribution < 1.29 is 13.9 Å². The van der Waals surface area contributed by atoms with Crippen LogP contribution in [0.4, 0.5) is 0 Å². The first-order valence-electron chi connectivity index (χ1n) is 9.49. The summed E-state index contributed by atoms with van der Waals surface area (Å²) in [6.07, 6.45) is 3.27. The Morgan fingerprint density at radius 2 is 2.00 bits per heavy atom. The molecule has 152 valence electrons. The number of hydrogen-bond donors (Lipinski definition) is 1. The van der Waals surface area contributed by atoms with Crippen LogP contribution in [0.2, 0.25) is 0 Å². The Hall–Kier alpha value is -3.87. The monoisotopic (exact) mass is 403 g/mol. The number of rotatable bonds is 6. The maximum absolute atomic E-state index is 13.0.